The van der Waals surface area contributed by atoms with Gasteiger partial charge in [-0.25, -0.2) is 8.42 Å². The largest absolute Gasteiger partial charge is 0.224 e. The van der Waals surface area contributed by atoms with Gasteiger partial charge >= 0.3 is 0 Å². The summed E-state index contributed by atoms with van der Waals surface area (Å²) >= 11 is 0. The van der Waals surface area contributed by atoms with E-state index in [4.69, 9.17) is 5.26 Å². The lowest BCUT2D eigenvalue weighted by Gasteiger charge is -2.07. The SMILES string of the molecule is CCS(=O)(=O)c1ccc(CC2(C#N)CC2)cc1. The third kappa shape index (κ3) is 2.50. The Labute approximate surface area is 102 Å². The van der Waals surface area contributed by atoms with Crippen molar-refractivity contribution in [1.82, 2.24) is 0 Å². The highest BCUT2D eigenvalue weighted by atomic mass is 32.2. The Kier molecular flexibility index (Phi) is 2.96. The van der Waals surface area contributed by atoms with Crippen molar-refractivity contribution in [2.75, 3.05) is 5.75 Å². The highest BCUT2D eigenvalue weighted by molar-refractivity contribution is 7.91. The molecule has 1 saturated carbocycles. The summed E-state index contributed by atoms with van der Waals surface area (Å²) in [5, 5.41) is 8.99. The predicted octanol–water partition coefficient (Wildman–Crippen LogP) is 2.33. The monoisotopic (exact) mass is 249 g/mol. The number of hydrogen-bond donors (Lipinski definition) is 0. The molecule has 0 saturated heterocycles. The number of nitriles is 1. The minimum Gasteiger partial charge on any atom is -0.224 e. The van der Waals surface area contributed by atoms with Crippen molar-refractivity contribution < 1.29 is 8.42 Å². The van der Waals surface area contributed by atoms with Gasteiger partial charge in [-0.2, -0.15) is 5.26 Å². The highest BCUT2D eigenvalue weighted by Gasteiger charge is 2.42. The van der Waals surface area contributed by atoms with Gasteiger partial charge < -0.3 is 0 Å². The van der Waals surface area contributed by atoms with Crippen LogP contribution in [0.25, 0.3) is 0 Å². The first-order valence-corrected chi connectivity index (χ1v) is 7.39. The van der Waals surface area contributed by atoms with Crippen LogP contribution in [0.1, 0.15) is 25.3 Å². The Bertz CT molecular complexity index is 548. The molecule has 0 spiro atoms. The van der Waals surface area contributed by atoms with Gasteiger partial charge in [0, 0.05) is 0 Å². The lowest BCUT2D eigenvalue weighted by molar-refractivity contribution is 0.597. The van der Waals surface area contributed by atoms with Crippen LogP contribution in [0, 0.1) is 16.7 Å². The van der Waals surface area contributed by atoms with Gasteiger partial charge in [-0.05, 0) is 37.0 Å². The molecular formula is C13H15NO2S. The van der Waals surface area contributed by atoms with E-state index < -0.39 is 9.84 Å². The summed E-state index contributed by atoms with van der Waals surface area (Å²) in [6.45, 7) is 1.64. The van der Waals surface area contributed by atoms with Crippen LogP contribution in [-0.2, 0) is 16.3 Å². The molecule has 0 amide bonds. The van der Waals surface area contributed by atoms with Crippen molar-refractivity contribution in [3.05, 3.63) is 29.8 Å². The number of hydrogen-bond acceptors (Lipinski definition) is 3. The van der Waals surface area contributed by atoms with Crippen LogP contribution >= 0.6 is 0 Å². The molecule has 1 aromatic carbocycles. The molecule has 1 fully saturated rings. The standard InChI is InChI=1S/C13H15NO2S/c1-2-17(15,16)12-5-3-11(4-6-12)9-13(10-14)7-8-13/h3-6H,2,7-9H2,1H3. The maximum atomic E-state index is 11.6. The van der Waals surface area contributed by atoms with E-state index in [1.807, 2.05) is 12.1 Å². The second-order valence-electron chi connectivity index (χ2n) is 4.62. The van der Waals surface area contributed by atoms with Crippen LogP contribution in [0.2, 0.25) is 0 Å². The van der Waals surface area contributed by atoms with Crippen molar-refractivity contribution in [3.63, 3.8) is 0 Å². The van der Waals surface area contributed by atoms with Crippen molar-refractivity contribution in [2.45, 2.75) is 31.1 Å². The van der Waals surface area contributed by atoms with Gasteiger partial charge in [-0.1, -0.05) is 19.1 Å². The number of benzene rings is 1. The van der Waals surface area contributed by atoms with Crippen molar-refractivity contribution >= 4 is 9.84 Å². The van der Waals surface area contributed by atoms with Gasteiger partial charge in [0.25, 0.3) is 0 Å². The molecule has 1 aliphatic rings. The Morgan fingerprint density at radius 3 is 2.29 bits per heavy atom. The first-order chi connectivity index (χ1) is 8.01. The average molecular weight is 249 g/mol. The van der Waals surface area contributed by atoms with E-state index in [2.05, 4.69) is 6.07 Å². The van der Waals surface area contributed by atoms with Crippen LogP contribution < -0.4 is 0 Å². The molecule has 1 aromatic rings. The Balaban J connectivity index is 2.17. The Hall–Kier alpha value is -1.34. The van der Waals surface area contributed by atoms with Gasteiger partial charge in [0.15, 0.2) is 9.84 Å². The minimum absolute atomic E-state index is 0.120. The first-order valence-electron chi connectivity index (χ1n) is 5.74. The summed E-state index contributed by atoms with van der Waals surface area (Å²) in [4.78, 5) is 0.366. The quantitative estimate of drug-likeness (QED) is 0.822. The summed E-state index contributed by atoms with van der Waals surface area (Å²) < 4.78 is 23.2. The second-order valence-corrected chi connectivity index (χ2v) is 6.89. The topological polar surface area (TPSA) is 57.9 Å². The Morgan fingerprint density at radius 1 is 1.29 bits per heavy atom. The number of nitrogens with zero attached hydrogens (tertiary/aromatic N) is 1. The lowest BCUT2D eigenvalue weighted by Crippen LogP contribution is -2.05. The molecule has 0 heterocycles. The predicted molar refractivity (Wildman–Crippen MR) is 65.2 cm³/mol. The van der Waals surface area contributed by atoms with Gasteiger partial charge in [-0.15, -0.1) is 0 Å². The molecule has 1 aliphatic carbocycles. The zero-order valence-corrected chi connectivity index (χ0v) is 10.6. The van der Waals surface area contributed by atoms with Crippen LogP contribution in [0.15, 0.2) is 29.2 Å². The number of sulfone groups is 1. The van der Waals surface area contributed by atoms with Crippen molar-refractivity contribution in [2.24, 2.45) is 5.41 Å². The molecule has 4 heteroatoms. The fourth-order valence-corrected chi connectivity index (χ4v) is 2.74. The van der Waals surface area contributed by atoms with Crippen LogP contribution in [0.3, 0.4) is 0 Å². The summed E-state index contributed by atoms with van der Waals surface area (Å²) in [5.74, 6) is 0.120. The third-order valence-electron chi connectivity index (χ3n) is 3.30. The lowest BCUT2D eigenvalue weighted by atomic mass is 9.98. The van der Waals surface area contributed by atoms with E-state index in [1.165, 1.54) is 0 Å². The molecule has 0 radical (unpaired) electrons. The molecule has 90 valence electrons. The summed E-state index contributed by atoms with van der Waals surface area (Å²) in [6, 6.07) is 9.26. The molecule has 0 bridgehead atoms. The van der Waals surface area contributed by atoms with E-state index in [1.54, 1.807) is 19.1 Å². The summed E-state index contributed by atoms with van der Waals surface area (Å²) in [5.41, 5.74) is 0.865. The zero-order valence-electron chi connectivity index (χ0n) is 9.81. The second kappa shape index (κ2) is 4.15. The summed E-state index contributed by atoms with van der Waals surface area (Å²) in [7, 11) is -3.11. The fourth-order valence-electron chi connectivity index (χ4n) is 1.85. The normalized spacial score (nSPS) is 17.4. The summed E-state index contributed by atoms with van der Waals surface area (Å²) in [6.07, 6.45) is 2.65. The van der Waals surface area contributed by atoms with Gasteiger partial charge in [-0.3, -0.25) is 0 Å². The maximum Gasteiger partial charge on any atom is 0.178 e. The first kappa shape index (κ1) is 12.1. The number of rotatable bonds is 4. The Morgan fingerprint density at radius 2 is 1.88 bits per heavy atom. The molecule has 0 unspecified atom stereocenters. The molecular weight excluding hydrogens is 234 g/mol. The van der Waals surface area contributed by atoms with Crippen LogP contribution in [0.4, 0.5) is 0 Å². The van der Waals surface area contributed by atoms with Gasteiger partial charge in [0.2, 0.25) is 0 Å². The molecule has 0 N–H and O–H groups in total. The van der Waals surface area contributed by atoms with E-state index in [9.17, 15) is 8.42 Å². The van der Waals surface area contributed by atoms with E-state index >= 15 is 0 Å². The molecule has 3 nitrogen and oxygen atoms in total. The third-order valence-corrected chi connectivity index (χ3v) is 5.05. The molecule has 2 rings (SSSR count). The van der Waals surface area contributed by atoms with Crippen molar-refractivity contribution in [1.29, 1.82) is 5.26 Å². The smallest absolute Gasteiger partial charge is 0.178 e. The van der Waals surface area contributed by atoms with Crippen LogP contribution in [0.5, 0.6) is 0 Å². The van der Waals surface area contributed by atoms with Gasteiger partial charge in [0.1, 0.15) is 0 Å². The molecule has 0 aliphatic heterocycles. The highest BCUT2D eigenvalue weighted by Crippen LogP contribution is 2.47. The van der Waals surface area contributed by atoms with Crippen LogP contribution in [-0.4, -0.2) is 14.2 Å². The fraction of sp³-hybridized carbons (Fsp3) is 0.462. The van der Waals surface area contributed by atoms with Gasteiger partial charge in [0.05, 0.1) is 22.1 Å². The van der Waals surface area contributed by atoms with E-state index in [0.29, 0.717) is 4.90 Å². The maximum absolute atomic E-state index is 11.6. The minimum atomic E-state index is -3.11. The van der Waals surface area contributed by atoms with Crippen molar-refractivity contribution in [3.8, 4) is 6.07 Å². The molecule has 0 atom stereocenters. The molecule has 17 heavy (non-hydrogen) atoms. The van der Waals surface area contributed by atoms with E-state index in [0.717, 1.165) is 24.8 Å². The zero-order chi connectivity index (χ0) is 12.5. The molecule has 0 aromatic heterocycles. The van der Waals surface area contributed by atoms with E-state index in [-0.39, 0.29) is 11.2 Å². The average Bonchev–Trinajstić information content (AvgIpc) is 3.10.